The van der Waals surface area contributed by atoms with Crippen LogP contribution >= 0.6 is 11.3 Å². The normalized spacial score (nSPS) is 10.6. The van der Waals surface area contributed by atoms with E-state index in [0.29, 0.717) is 0 Å². The summed E-state index contributed by atoms with van der Waals surface area (Å²) in [5, 5.41) is 3.00. The summed E-state index contributed by atoms with van der Waals surface area (Å²) in [5.41, 5.74) is 3.08. The van der Waals surface area contributed by atoms with Crippen molar-refractivity contribution >= 4 is 11.3 Å². The van der Waals surface area contributed by atoms with Crippen LogP contribution in [0.4, 0.5) is 4.39 Å². The minimum atomic E-state index is -0.210. The second kappa shape index (κ2) is 5.28. The predicted octanol–water partition coefficient (Wildman–Crippen LogP) is 3.94. The van der Waals surface area contributed by atoms with Gasteiger partial charge in [-0.15, -0.1) is 11.3 Å². The molecule has 2 aromatic heterocycles. The number of halogens is 1. The van der Waals surface area contributed by atoms with E-state index in [1.165, 1.54) is 12.1 Å². The minimum absolute atomic E-state index is 0.210. The molecule has 0 aliphatic carbocycles. The molecule has 0 atom stereocenters. The van der Waals surface area contributed by atoms with Crippen molar-refractivity contribution < 1.29 is 4.39 Å². The molecule has 0 amide bonds. The molecule has 0 fully saturated rings. The number of hydrogen-bond acceptors (Lipinski definition) is 3. The van der Waals surface area contributed by atoms with Crippen molar-refractivity contribution in [1.29, 1.82) is 0 Å². The fraction of sp³-hybridized carbons (Fsp3) is 0.0667. The van der Waals surface area contributed by atoms with Gasteiger partial charge in [0.2, 0.25) is 0 Å². The molecular formula is C15H11FN2S. The van der Waals surface area contributed by atoms with Crippen LogP contribution in [0.15, 0.2) is 54.2 Å². The molecule has 4 heteroatoms. The predicted molar refractivity (Wildman–Crippen MR) is 74.6 cm³/mol. The van der Waals surface area contributed by atoms with E-state index < -0.39 is 0 Å². The highest BCUT2D eigenvalue weighted by atomic mass is 32.1. The van der Waals surface area contributed by atoms with Gasteiger partial charge in [-0.25, -0.2) is 9.37 Å². The molecule has 2 nitrogen and oxygen atoms in total. The van der Waals surface area contributed by atoms with Crippen molar-refractivity contribution in [3.63, 3.8) is 0 Å². The number of benzene rings is 1. The third-order valence-electron chi connectivity index (χ3n) is 2.76. The summed E-state index contributed by atoms with van der Waals surface area (Å²) >= 11 is 1.60. The molecule has 0 saturated heterocycles. The van der Waals surface area contributed by atoms with E-state index in [0.717, 1.165) is 28.2 Å². The van der Waals surface area contributed by atoms with Gasteiger partial charge in [0, 0.05) is 29.8 Å². The van der Waals surface area contributed by atoms with E-state index in [-0.39, 0.29) is 5.82 Å². The van der Waals surface area contributed by atoms with E-state index in [2.05, 4.69) is 9.97 Å². The van der Waals surface area contributed by atoms with E-state index in [9.17, 15) is 4.39 Å². The van der Waals surface area contributed by atoms with Gasteiger partial charge in [-0.3, -0.25) is 4.98 Å². The van der Waals surface area contributed by atoms with Crippen LogP contribution in [0.3, 0.4) is 0 Å². The van der Waals surface area contributed by atoms with Crippen LogP contribution in [-0.4, -0.2) is 9.97 Å². The Hall–Kier alpha value is -2.07. The van der Waals surface area contributed by atoms with Crippen molar-refractivity contribution in [2.24, 2.45) is 0 Å². The lowest BCUT2D eigenvalue weighted by Gasteiger charge is -1.98. The van der Waals surface area contributed by atoms with Crippen molar-refractivity contribution in [2.75, 3.05) is 0 Å². The molecule has 0 bridgehead atoms. The van der Waals surface area contributed by atoms with Gasteiger partial charge in [0.25, 0.3) is 0 Å². The van der Waals surface area contributed by atoms with Gasteiger partial charge in [0.15, 0.2) is 0 Å². The van der Waals surface area contributed by atoms with Gasteiger partial charge in [0.1, 0.15) is 10.8 Å². The molecule has 94 valence electrons. The van der Waals surface area contributed by atoms with E-state index in [1.807, 2.05) is 17.5 Å². The Kier molecular flexibility index (Phi) is 3.33. The first-order valence-corrected chi connectivity index (χ1v) is 6.78. The topological polar surface area (TPSA) is 25.8 Å². The summed E-state index contributed by atoms with van der Waals surface area (Å²) in [5.74, 6) is -0.210. The molecule has 1 aromatic carbocycles. The Morgan fingerprint density at radius 1 is 1.11 bits per heavy atom. The van der Waals surface area contributed by atoms with Gasteiger partial charge >= 0.3 is 0 Å². The second-order valence-electron chi connectivity index (χ2n) is 4.19. The smallest absolute Gasteiger partial charge is 0.125 e. The van der Waals surface area contributed by atoms with E-state index >= 15 is 0 Å². The lowest BCUT2D eigenvalue weighted by molar-refractivity contribution is 0.627. The molecule has 0 unspecified atom stereocenters. The molecule has 2 heterocycles. The Labute approximate surface area is 114 Å². The quantitative estimate of drug-likeness (QED) is 0.720. The fourth-order valence-corrected chi connectivity index (χ4v) is 2.63. The van der Waals surface area contributed by atoms with Crippen LogP contribution in [0, 0.1) is 5.82 Å². The molecule has 19 heavy (non-hydrogen) atoms. The highest BCUT2D eigenvalue weighted by Crippen LogP contribution is 2.23. The third-order valence-corrected chi connectivity index (χ3v) is 3.70. The van der Waals surface area contributed by atoms with Crippen LogP contribution in [0.2, 0.25) is 0 Å². The van der Waals surface area contributed by atoms with Gasteiger partial charge in [-0.05, 0) is 29.8 Å². The molecule has 0 spiro atoms. The molecule has 0 aliphatic rings. The SMILES string of the molecule is Fc1ccc(Cc2csc(-c3cccnc3)n2)cc1. The van der Waals surface area contributed by atoms with Crippen LogP contribution in [0.25, 0.3) is 10.6 Å². The number of nitrogens with zero attached hydrogens (tertiary/aromatic N) is 2. The van der Waals surface area contributed by atoms with E-state index in [4.69, 9.17) is 0 Å². The minimum Gasteiger partial charge on any atom is -0.264 e. The van der Waals surface area contributed by atoms with Crippen molar-refractivity contribution in [3.05, 3.63) is 71.2 Å². The van der Waals surface area contributed by atoms with Crippen LogP contribution in [0.5, 0.6) is 0 Å². The Morgan fingerprint density at radius 3 is 2.68 bits per heavy atom. The van der Waals surface area contributed by atoms with E-state index in [1.54, 1.807) is 35.9 Å². The first kappa shape index (κ1) is 12.0. The molecule has 0 aliphatic heterocycles. The molecule has 0 N–H and O–H groups in total. The Balaban J connectivity index is 1.80. The second-order valence-corrected chi connectivity index (χ2v) is 5.05. The van der Waals surface area contributed by atoms with Gasteiger partial charge in [-0.2, -0.15) is 0 Å². The molecule has 0 radical (unpaired) electrons. The van der Waals surface area contributed by atoms with Crippen molar-refractivity contribution in [2.45, 2.75) is 6.42 Å². The molecular weight excluding hydrogens is 259 g/mol. The average molecular weight is 270 g/mol. The number of thiazole rings is 1. The summed E-state index contributed by atoms with van der Waals surface area (Å²) < 4.78 is 12.8. The van der Waals surface area contributed by atoms with Crippen LogP contribution in [-0.2, 0) is 6.42 Å². The largest absolute Gasteiger partial charge is 0.264 e. The number of aromatic nitrogens is 2. The number of pyridine rings is 1. The molecule has 3 rings (SSSR count). The highest BCUT2D eigenvalue weighted by Gasteiger charge is 2.05. The lowest BCUT2D eigenvalue weighted by Crippen LogP contribution is -1.89. The Bertz CT molecular complexity index is 662. The summed E-state index contributed by atoms with van der Waals surface area (Å²) in [7, 11) is 0. The average Bonchev–Trinajstić information content (AvgIpc) is 2.91. The maximum atomic E-state index is 12.8. The monoisotopic (exact) mass is 270 g/mol. The molecule has 3 aromatic rings. The van der Waals surface area contributed by atoms with Gasteiger partial charge in [-0.1, -0.05) is 12.1 Å². The first-order chi connectivity index (χ1) is 9.31. The third kappa shape index (κ3) is 2.85. The zero-order valence-corrected chi connectivity index (χ0v) is 10.9. The first-order valence-electron chi connectivity index (χ1n) is 5.90. The molecule has 0 saturated carbocycles. The summed E-state index contributed by atoms with van der Waals surface area (Å²) in [4.78, 5) is 8.67. The lowest BCUT2D eigenvalue weighted by atomic mass is 10.1. The fourth-order valence-electron chi connectivity index (χ4n) is 1.82. The van der Waals surface area contributed by atoms with Gasteiger partial charge < -0.3 is 0 Å². The zero-order valence-electron chi connectivity index (χ0n) is 10.1. The van der Waals surface area contributed by atoms with Crippen LogP contribution in [0.1, 0.15) is 11.3 Å². The standard InChI is InChI=1S/C15H11FN2S/c16-13-5-3-11(4-6-13)8-14-10-19-15(18-14)12-2-1-7-17-9-12/h1-7,9-10H,8H2. The maximum Gasteiger partial charge on any atom is 0.125 e. The van der Waals surface area contributed by atoms with Crippen LogP contribution < -0.4 is 0 Å². The van der Waals surface area contributed by atoms with Crippen molar-refractivity contribution in [3.8, 4) is 10.6 Å². The summed E-state index contributed by atoms with van der Waals surface area (Å²) in [6, 6.07) is 10.4. The maximum absolute atomic E-state index is 12.8. The summed E-state index contributed by atoms with van der Waals surface area (Å²) in [6.07, 6.45) is 4.27. The van der Waals surface area contributed by atoms with Gasteiger partial charge in [0.05, 0.1) is 5.69 Å². The zero-order chi connectivity index (χ0) is 13.1. The summed E-state index contributed by atoms with van der Waals surface area (Å²) in [6.45, 7) is 0. The highest BCUT2D eigenvalue weighted by molar-refractivity contribution is 7.13. The number of hydrogen-bond donors (Lipinski definition) is 0. The number of rotatable bonds is 3. The Morgan fingerprint density at radius 2 is 1.95 bits per heavy atom. The van der Waals surface area contributed by atoms with Crippen molar-refractivity contribution in [1.82, 2.24) is 9.97 Å².